The fourth-order valence-corrected chi connectivity index (χ4v) is 2.02. The number of nitrogens with two attached hydrogens (primary N) is 1. The van der Waals surface area contributed by atoms with Crippen molar-refractivity contribution in [3.63, 3.8) is 0 Å². The Labute approximate surface area is 145 Å². The van der Waals surface area contributed by atoms with E-state index in [2.05, 4.69) is 10.3 Å². The zero-order valence-corrected chi connectivity index (χ0v) is 13.5. The third-order valence-electron chi connectivity index (χ3n) is 3.24. The minimum absolute atomic E-state index is 0.109. The van der Waals surface area contributed by atoms with Gasteiger partial charge in [0.15, 0.2) is 5.69 Å². The Morgan fingerprint density at radius 2 is 2.04 bits per heavy atom. The minimum atomic E-state index is -1.16. The van der Waals surface area contributed by atoms with Crippen molar-refractivity contribution in [3.05, 3.63) is 65.5 Å². The highest BCUT2D eigenvalue weighted by atomic mass is 16.5. The molecule has 0 spiro atoms. The third-order valence-corrected chi connectivity index (χ3v) is 3.24. The number of hydrogen-bond acceptors (Lipinski definition) is 5. The summed E-state index contributed by atoms with van der Waals surface area (Å²) in [6.07, 6.45) is 5.12. The summed E-state index contributed by atoms with van der Waals surface area (Å²) in [5, 5.41) is 11.5. The lowest BCUT2D eigenvalue weighted by Crippen LogP contribution is -2.24. The van der Waals surface area contributed by atoms with Crippen molar-refractivity contribution in [1.29, 1.82) is 0 Å². The van der Waals surface area contributed by atoms with Crippen molar-refractivity contribution in [2.75, 3.05) is 12.3 Å². The molecule has 4 N–H and O–H groups in total. The van der Waals surface area contributed by atoms with Gasteiger partial charge in [-0.15, -0.1) is 0 Å². The number of benzene rings is 1. The average Bonchev–Trinajstić information content (AvgIpc) is 2.60. The van der Waals surface area contributed by atoms with Crippen molar-refractivity contribution >= 4 is 23.8 Å². The molecule has 25 heavy (non-hydrogen) atoms. The lowest BCUT2D eigenvalue weighted by Gasteiger charge is -2.06. The lowest BCUT2D eigenvalue weighted by atomic mass is 10.2. The van der Waals surface area contributed by atoms with Gasteiger partial charge < -0.3 is 20.9 Å². The molecule has 7 nitrogen and oxygen atoms in total. The summed E-state index contributed by atoms with van der Waals surface area (Å²) in [6.45, 7) is 0.642. The Kier molecular flexibility index (Phi) is 6.53. The Hall–Kier alpha value is -3.35. The van der Waals surface area contributed by atoms with E-state index < -0.39 is 12.1 Å². The first-order chi connectivity index (χ1) is 12.1. The zero-order chi connectivity index (χ0) is 18.1. The molecule has 0 saturated heterocycles. The molecule has 1 heterocycles. The number of nitrogens with zero attached hydrogens (tertiary/aromatic N) is 1. The van der Waals surface area contributed by atoms with Crippen LogP contribution < -0.4 is 11.1 Å². The van der Waals surface area contributed by atoms with E-state index in [1.807, 2.05) is 36.4 Å². The molecule has 2 rings (SSSR count). The molecule has 1 aromatic heterocycles. The molecule has 0 radical (unpaired) electrons. The number of anilines is 1. The van der Waals surface area contributed by atoms with Crippen LogP contribution in [-0.2, 0) is 11.3 Å². The van der Waals surface area contributed by atoms with E-state index in [0.717, 1.165) is 5.56 Å². The predicted molar refractivity (Wildman–Crippen MR) is 93.9 cm³/mol. The van der Waals surface area contributed by atoms with Gasteiger partial charge in [0, 0.05) is 12.7 Å². The number of nitrogens with one attached hydrogen (secondary N) is 1. The van der Waals surface area contributed by atoms with Gasteiger partial charge in [0.2, 0.25) is 0 Å². The van der Waals surface area contributed by atoms with Crippen LogP contribution in [0.2, 0.25) is 0 Å². The van der Waals surface area contributed by atoms with Gasteiger partial charge in [-0.1, -0.05) is 42.5 Å². The van der Waals surface area contributed by atoms with Crippen LogP contribution >= 0.6 is 0 Å². The Morgan fingerprint density at radius 1 is 1.28 bits per heavy atom. The molecule has 0 bridgehead atoms. The molecule has 1 amide bonds. The maximum absolute atomic E-state index is 11.6. The van der Waals surface area contributed by atoms with E-state index >= 15 is 0 Å². The molecule has 0 atom stereocenters. The molecular formula is C18H19N3O4. The molecule has 130 valence electrons. The molecule has 0 unspecified atom stereocenters. The summed E-state index contributed by atoms with van der Waals surface area (Å²) in [4.78, 5) is 26.2. The van der Waals surface area contributed by atoms with Crippen LogP contribution in [0.25, 0.3) is 6.08 Å². The standard InChI is InChI=1S/C18H19N3O4/c19-15-10-14(11-21-16(15)17(22)23)8-4-5-9-20-18(24)25-12-13-6-2-1-3-7-13/h1-4,6-8,10-11H,5,9,12,19H2,(H,20,24)(H,22,23). The highest BCUT2D eigenvalue weighted by molar-refractivity contribution is 5.91. The SMILES string of the molecule is Nc1cc(C=CCCNC(=O)OCc2ccccc2)cnc1C(=O)O. The zero-order valence-electron chi connectivity index (χ0n) is 13.5. The highest BCUT2D eigenvalue weighted by Crippen LogP contribution is 2.12. The summed E-state index contributed by atoms with van der Waals surface area (Å²) < 4.78 is 5.09. The van der Waals surface area contributed by atoms with E-state index in [-0.39, 0.29) is 18.0 Å². The van der Waals surface area contributed by atoms with E-state index in [0.29, 0.717) is 18.5 Å². The van der Waals surface area contributed by atoms with Gasteiger partial charge in [0.25, 0.3) is 0 Å². The number of alkyl carbamates (subject to hydrolysis) is 1. The Morgan fingerprint density at radius 3 is 2.72 bits per heavy atom. The number of aromatic carboxylic acids is 1. The number of aromatic nitrogens is 1. The van der Waals surface area contributed by atoms with Gasteiger partial charge in [-0.3, -0.25) is 0 Å². The number of ether oxygens (including phenoxy) is 1. The maximum atomic E-state index is 11.6. The summed E-state index contributed by atoms with van der Waals surface area (Å²) in [5.41, 5.74) is 7.18. The van der Waals surface area contributed by atoms with Crippen LogP contribution in [0.1, 0.15) is 28.0 Å². The first-order valence-electron chi connectivity index (χ1n) is 7.66. The number of pyridine rings is 1. The van der Waals surface area contributed by atoms with Crippen LogP contribution in [0, 0.1) is 0 Å². The summed E-state index contributed by atoms with van der Waals surface area (Å²) in [5.74, 6) is -1.16. The molecule has 0 aliphatic heterocycles. The number of nitrogen functional groups attached to an aromatic ring is 1. The largest absolute Gasteiger partial charge is 0.476 e. The summed E-state index contributed by atoms with van der Waals surface area (Å²) >= 11 is 0. The van der Waals surface area contributed by atoms with Gasteiger partial charge in [0.05, 0.1) is 5.69 Å². The van der Waals surface area contributed by atoms with Gasteiger partial charge in [-0.2, -0.15) is 0 Å². The smallest absolute Gasteiger partial charge is 0.407 e. The average molecular weight is 341 g/mol. The maximum Gasteiger partial charge on any atom is 0.407 e. The van der Waals surface area contributed by atoms with E-state index in [4.69, 9.17) is 15.6 Å². The van der Waals surface area contributed by atoms with E-state index in [1.165, 1.54) is 12.3 Å². The second kappa shape index (κ2) is 9.07. The third kappa shape index (κ3) is 5.98. The number of carboxylic acid groups (broad SMARTS) is 1. The molecule has 1 aromatic carbocycles. The van der Waals surface area contributed by atoms with Crippen molar-refractivity contribution in [2.24, 2.45) is 0 Å². The van der Waals surface area contributed by atoms with Crippen LogP contribution in [0.4, 0.5) is 10.5 Å². The van der Waals surface area contributed by atoms with Crippen LogP contribution in [0.15, 0.2) is 48.7 Å². The predicted octanol–water partition coefficient (Wildman–Crippen LogP) is 2.69. The van der Waals surface area contributed by atoms with Gasteiger partial charge in [-0.25, -0.2) is 14.6 Å². The Bertz CT molecular complexity index is 760. The van der Waals surface area contributed by atoms with Crippen molar-refractivity contribution in [2.45, 2.75) is 13.0 Å². The van der Waals surface area contributed by atoms with Gasteiger partial charge in [0.1, 0.15) is 6.61 Å². The Balaban J connectivity index is 1.70. The number of carbonyl (C=O) groups is 2. The fraction of sp³-hybridized carbons (Fsp3) is 0.167. The molecular weight excluding hydrogens is 322 g/mol. The topological polar surface area (TPSA) is 115 Å². The van der Waals surface area contributed by atoms with Gasteiger partial charge in [-0.05, 0) is 23.6 Å². The van der Waals surface area contributed by atoms with E-state index in [9.17, 15) is 9.59 Å². The number of carboxylic acids is 1. The first kappa shape index (κ1) is 18.0. The molecule has 0 aliphatic rings. The van der Waals surface area contributed by atoms with Crippen LogP contribution in [0.5, 0.6) is 0 Å². The molecule has 0 fully saturated rings. The second-order valence-electron chi connectivity index (χ2n) is 5.19. The van der Waals surface area contributed by atoms with E-state index in [1.54, 1.807) is 6.08 Å². The molecule has 7 heteroatoms. The number of carbonyl (C=O) groups excluding carboxylic acids is 1. The second-order valence-corrected chi connectivity index (χ2v) is 5.19. The highest BCUT2D eigenvalue weighted by Gasteiger charge is 2.08. The fourth-order valence-electron chi connectivity index (χ4n) is 2.02. The van der Waals surface area contributed by atoms with Crippen molar-refractivity contribution in [1.82, 2.24) is 10.3 Å². The molecule has 0 saturated carbocycles. The van der Waals surface area contributed by atoms with Gasteiger partial charge >= 0.3 is 12.1 Å². The monoisotopic (exact) mass is 341 g/mol. The number of hydrogen-bond donors (Lipinski definition) is 3. The number of amides is 1. The summed E-state index contributed by atoms with van der Waals surface area (Å²) in [6, 6.07) is 11.0. The lowest BCUT2D eigenvalue weighted by molar-refractivity contribution is 0.0691. The van der Waals surface area contributed by atoms with Crippen molar-refractivity contribution < 1.29 is 19.4 Å². The van der Waals surface area contributed by atoms with Crippen LogP contribution in [0.3, 0.4) is 0 Å². The minimum Gasteiger partial charge on any atom is -0.476 e. The quantitative estimate of drug-likeness (QED) is 0.667. The van der Waals surface area contributed by atoms with Crippen LogP contribution in [-0.4, -0.2) is 28.7 Å². The molecule has 0 aliphatic carbocycles. The first-order valence-corrected chi connectivity index (χ1v) is 7.66. The molecule has 2 aromatic rings. The summed E-state index contributed by atoms with van der Waals surface area (Å²) in [7, 11) is 0. The number of rotatable bonds is 7. The normalized spacial score (nSPS) is 10.6. The van der Waals surface area contributed by atoms with Crippen molar-refractivity contribution in [3.8, 4) is 0 Å².